The maximum Gasteiger partial charge on any atom is 0.124 e. The van der Waals surface area contributed by atoms with Crippen LogP contribution in [0.25, 0.3) is 0 Å². The van der Waals surface area contributed by atoms with Crippen LogP contribution in [-0.2, 0) is 12.0 Å². The van der Waals surface area contributed by atoms with Gasteiger partial charge in [0, 0.05) is 10.0 Å². The minimum absolute atomic E-state index is 0.245. The Kier molecular flexibility index (Phi) is 4.07. The third-order valence-electron chi connectivity index (χ3n) is 3.25. The molecule has 2 aromatic carbocycles. The third kappa shape index (κ3) is 3.43. The van der Waals surface area contributed by atoms with Crippen LogP contribution in [0.1, 0.15) is 23.6 Å². The van der Waals surface area contributed by atoms with Gasteiger partial charge in [-0.05, 0) is 55.2 Å². The summed E-state index contributed by atoms with van der Waals surface area (Å²) in [7, 11) is 0. The first-order valence-corrected chi connectivity index (χ1v) is 6.98. The summed E-state index contributed by atoms with van der Waals surface area (Å²) in [6.07, 6.45) is 0.591. The standard InChI is InChI=1S/C16H17BrFN/c1-11-5-3-4-6-15(11)16(2,19)10-12-7-13(17)9-14(18)8-12/h3-9H,10,19H2,1-2H3. The fourth-order valence-corrected chi connectivity index (χ4v) is 2.96. The fraction of sp³-hybridized carbons (Fsp3) is 0.250. The first kappa shape index (κ1) is 14.2. The van der Waals surface area contributed by atoms with Gasteiger partial charge in [0.15, 0.2) is 0 Å². The average Bonchev–Trinajstić information content (AvgIpc) is 2.26. The quantitative estimate of drug-likeness (QED) is 0.895. The van der Waals surface area contributed by atoms with Gasteiger partial charge in [0.1, 0.15) is 5.82 Å². The molecule has 0 bridgehead atoms. The summed E-state index contributed by atoms with van der Waals surface area (Å²) in [5.74, 6) is -0.245. The average molecular weight is 322 g/mol. The molecule has 0 heterocycles. The number of nitrogens with two attached hydrogens (primary N) is 1. The molecule has 0 saturated carbocycles. The molecule has 0 aliphatic rings. The van der Waals surface area contributed by atoms with E-state index in [1.54, 1.807) is 0 Å². The van der Waals surface area contributed by atoms with Crippen molar-refractivity contribution in [1.29, 1.82) is 0 Å². The van der Waals surface area contributed by atoms with E-state index in [1.165, 1.54) is 12.1 Å². The molecule has 1 unspecified atom stereocenters. The Morgan fingerprint density at radius 2 is 1.89 bits per heavy atom. The van der Waals surface area contributed by atoms with E-state index in [0.29, 0.717) is 6.42 Å². The van der Waals surface area contributed by atoms with E-state index < -0.39 is 5.54 Å². The van der Waals surface area contributed by atoms with Gasteiger partial charge >= 0.3 is 0 Å². The number of rotatable bonds is 3. The van der Waals surface area contributed by atoms with Gasteiger partial charge in [-0.3, -0.25) is 0 Å². The summed E-state index contributed by atoms with van der Waals surface area (Å²) in [6.45, 7) is 4.02. The predicted molar refractivity (Wildman–Crippen MR) is 80.5 cm³/mol. The fourth-order valence-electron chi connectivity index (χ4n) is 2.45. The Morgan fingerprint density at radius 1 is 1.21 bits per heavy atom. The van der Waals surface area contributed by atoms with Crippen LogP contribution in [0, 0.1) is 12.7 Å². The van der Waals surface area contributed by atoms with Gasteiger partial charge in [-0.1, -0.05) is 40.2 Å². The zero-order valence-corrected chi connectivity index (χ0v) is 12.7. The van der Waals surface area contributed by atoms with E-state index in [1.807, 2.05) is 44.2 Å². The molecule has 0 amide bonds. The van der Waals surface area contributed by atoms with Crippen molar-refractivity contribution >= 4 is 15.9 Å². The summed E-state index contributed by atoms with van der Waals surface area (Å²) in [4.78, 5) is 0. The highest BCUT2D eigenvalue weighted by atomic mass is 79.9. The van der Waals surface area contributed by atoms with Crippen LogP contribution in [0.5, 0.6) is 0 Å². The molecular formula is C16H17BrFN. The lowest BCUT2D eigenvalue weighted by molar-refractivity contribution is 0.486. The zero-order valence-electron chi connectivity index (χ0n) is 11.1. The van der Waals surface area contributed by atoms with Gasteiger partial charge in [-0.25, -0.2) is 4.39 Å². The molecule has 0 saturated heterocycles. The van der Waals surface area contributed by atoms with Gasteiger partial charge in [0.05, 0.1) is 0 Å². The summed E-state index contributed by atoms with van der Waals surface area (Å²) >= 11 is 3.31. The normalized spacial score (nSPS) is 14.2. The SMILES string of the molecule is Cc1ccccc1C(C)(N)Cc1cc(F)cc(Br)c1. The van der Waals surface area contributed by atoms with E-state index in [4.69, 9.17) is 5.73 Å². The summed E-state index contributed by atoms with van der Waals surface area (Å²) in [5.41, 5.74) is 9.06. The molecule has 100 valence electrons. The molecule has 1 atom stereocenters. The van der Waals surface area contributed by atoms with Crippen LogP contribution in [0.4, 0.5) is 4.39 Å². The number of halogens is 2. The molecule has 2 rings (SSSR count). The lowest BCUT2D eigenvalue weighted by Crippen LogP contribution is -2.36. The molecule has 0 aromatic heterocycles. The van der Waals surface area contributed by atoms with Crippen molar-refractivity contribution in [2.45, 2.75) is 25.8 Å². The van der Waals surface area contributed by atoms with Crippen LogP contribution in [0.2, 0.25) is 0 Å². The number of hydrogen-bond acceptors (Lipinski definition) is 1. The molecule has 0 fully saturated rings. The van der Waals surface area contributed by atoms with Crippen LogP contribution >= 0.6 is 15.9 Å². The highest BCUT2D eigenvalue weighted by Crippen LogP contribution is 2.27. The maximum absolute atomic E-state index is 13.4. The number of benzene rings is 2. The van der Waals surface area contributed by atoms with Gasteiger partial charge in [-0.2, -0.15) is 0 Å². The van der Waals surface area contributed by atoms with Crippen molar-refractivity contribution in [1.82, 2.24) is 0 Å². The smallest absolute Gasteiger partial charge is 0.124 e. The minimum Gasteiger partial charge on any atom is -0.321 e. The second-order valence-corrected chi connectivity index (χ2v) is 6.10. The van der Waals surface area contributed by atoms with E-state index in [-0.39, 0.29) is 5.82 Å². The van der Waals surface area contributed by atoms with Crippen molar-refractivity contribution in [2.24, 2.45) is 5.73 Å². The van der Waals surface area contributed by atoms with Gasteiger partial charge in [0.25, 0.3) is 0 Å². The lowest BCUT2D eigenvalue weighted by Gasteiger charge is -2.27. The molecule has 2 N–H and O–H groups in total. The summed E-state index contributed by atoms with van der Waals surface area (Å²) in [6, 6.07) is 12.9. The van der Waals surface area contributed by atoms with Gasteiger partial charge in [-0.15, -0.1) is 0 Å². The largest absolute Gasteiger partial charge is 0.321 e. The van der Waals surface area contributed by atoms with Crippen LogP contribution in [0.3, 0.4) is 0 Å². The third-order valence-corrected chi connectivity index (χ3v) is 3.71. The van der Waals surface area contributed by atoms with E-state index in [2.05, 4.69) is 15.9 Å². The molecular weight excluding hydrogens is 305 g/mol. The molecule has 3 heteroatoms. The lowest BCUT2D eigenvalue weighted by atomic mass is 9.84. The predicted octanol–water partition coefficient (Wildman–Crippen LogP) is 4.31. The molecule has 2 aromatic rings. The Balaban J connectivity index is 2.33. The highest BCUT2D eigenvalue weighted by molar-refractivity contribution is 9.10. The minimum atomic E-state index is -0.515. The van der Waals surface area contributed by atoms with E-state index >= 15 is 0 Å². The van der Waals surface area contributed by atoms with E-state index in [9.17, 15) is 4.39 Å². The number of hydrogen-bond donors (Lipinski definition) is 1. The van der Waals surface area contributed by atoms with E-state index in [0.717, 1.165) is 21.2 Å². The van der Waals surface area contributed by atoms with Crippen molar-refractivity contribution in [2.75, 3.05) is 0 Å². The summed E-state index contributed by atoms with van der Waals surface area (Å²) in [5, 5.41) is 0. The van der Waals surface area contributed by atoms with Crippen LogP contribution in [0.15, 0.2) is 46.9 Å². The molecule has 0 spiro atoms. The first-order chi connectivity index (χ1) is 8.88. The van der Waals surface area contributed by atoms with Crippen LogP contribution in [-0.4, -0.2) is 0 Å². The summed E-state index contributed by atoms with van der Waals surface area (Å²) < 4.78 is 14.2. The number of aryl methyl sites for hydroxylation is 1. The zero-order chi connectivity index (χ0) is 14.0. The molecule has 19 heavy (non-hydrogen) atoms. The van der Waals surface area contributed by atoms with Gasteiger partial charge in [0.2, 0.25) is 0 Å². The molecule has 0 aliphatic heterocycles. The van der Waals surface area contributed by atoms with Crippen molar-refractivity contribution in [3.8, 4) is 0 Å². The Bertz CT molecular complexity index is 573. The highest BCUT2D eigenvalue weighted by Gasteiger charge is 2.23. The van der Waals surface area contributed by atoms with Crippen LogP contribution < -0.4 is 5.73 Å². The second kappa shape index (κ2) is 5.43. The maximum atomic E-state index is 13.4. The molecule has 1 nitrogen and oxygen atoms in total. The Hall–Kier alpha value is -1.19. The Morgan fingerprint density at radius 3 is 2.53 bits per heavy atom. The molecule has 0 aliphatic carbocycles. The Labute approximate surface area is 121 Å². The monoisotopic (exact) mass is 321 g/mol. The van der Waals surface area contributed by atoms with Crippen molar-refractivity contribution in [3.05, 3.63) is 69.4 Å². The molecule has 0 radical (unpaired) electrons. The second-order valence-electron chi connectivity index (χ2n) is 5.19. The topological polar surface area (TPSA) is 26.0 Å². The van der Waals surface area contributed by atoms with Crippen molar-refractivity contribution in [3.63, 3.8) is 0 Å². The first-order valence-electron chi connectivity index (χ1n) is 6.18. The van der Waals surface area contributed by atoms with Gasteiger partial charge < -0.3 is 5.73 Å². The van der Waals surface area contributed by atoms with Crippen molar-refractivity contribution < 1.29 is 4.39 Å².